The van der Waals surface area contributed by atoms with E-state index in [1.54, 1.807) is 19.2 Å². The van der Waals surface area contributed by atoms with Gasteiger partial charge in [-0.2, -0.15) is 0 Å². The highest BCUT2D eigenvalue weighted by Gasteiger charge is 2.37. The summed E-state index contributed by atoms with van der Waals surface area (Å²) in [6, 6.07) is -0.470. The second-order valence-electron chi connectivity index (χ2n) is 5.91. The van der Waals surface area contributed by atoms with Crippen LogP contribution in [0.5, 0.6) is 0 Å². The van der Waals surface area contributed by atoms with Gasteiger partial charge in [-0.05, 0) is 18.9 Å². The van der Waals surface area contributed by atoms with Crippen LogP contribution >= 0.6 is 0 Å². The molecule has 8 nitrogen and oxygen atoms in total. The maximum Gasteiger partial charge on any atom is 0.315 e. The number of allylic oxidation sites excluding steroid dienone is 1. The highest BCUT2D eigenvalue weighted by Crippen LogP contribution is 2.35. The number of urea groups is 1. The minimum Gasteiger partial charge on any atom is -0.341 e. The number of rotatable bonds is 4. The fraction of sp³-hybridized carbons (Fsp3) is 0.500. The van der Waals surface area contributed by atoms with E-state index in [4.69, 9.17) is 4.84 Å². The largest absolute Gasteiger partial charge is 0.341 e. The molecule has 3 heterocycles. The Morgan fingerprint density at radius 3 is 2.92 bits per heavy atom. The summed E-state index contributed by atoms with van der Waals surface area (Å²) >= 11 is 0. The first-order chi connectivity index (χ1) is 11.6. The van der Waals surface area contributed by atoms with E-state index >= 15 is 0 Å². The van der Waals surface area contributed by atoms with Crippen molar-refractivity contribution in [3.8, 4) is 0 Å². The lowest BCUT2D eigenvalue weighted by atomic mass is 10.0. The summed E-state index contributed by atoms with van der Waals surface area (Å²) in [5.41, 5.74) is 2.88. The summed E-state index contributed by atoms with van der Waals surface area (Å²) < 4.78 is 0. The Labute approximate surface area is 142 Å². The van der Waals surface area contributed by atoms with Crippen LogP contribution < -0.4 is 10.6 Å². The van der Waals surface area contributed by atoms with Crippen molar-refractivity contribution in [3.05, 3.63) is 35.2 Å². The van der Waals surface area contributed by atoms with Crippen molar-refractivity contribution in [2.75, 3.05) is 27.4 Å². The first kappa shape index (κ1) is 16.4. The summed E-state index contributed by atoms with van der Waals surface area (Å²) in [5.74, 6) is 0.997. The number of amides is 2. The van der Waals surface area contributed by atoms with Crippen LogP contribution in [0.15, 0.2) is 40.2 Å². The number of hydrogen-bond donors (Lipinski definition) is 2. The molecule has 24 heavy (non-hydrogen) atoms. The molecule has 0 spiro atoms. The van der Waals surface area contributed by atoms with E-state index in [0.717, 1.165) is 35.8 Å². The molecule has 2 N–H and O–H groups in total. The Hall–Kier alpha value is -2.48. The quantitative estimate of drug-likeness (QED) is 0.808. The molecule has 8 heteroatoms. The maximum absolute atomic E-state index is 11.8. The van der Waals surface area contributed by atoms with E-state index < -0.39 is 0 Å². The first-order valence-corrected chi connectivity index (χ1v) is 8.10. The standard InChI is InChI=1S/C16H24N6O2/c1-5-6-20-8-11(2)13(19-16(23)17-3)14-15(20)22-10-21(24-4)9-12(22)7-18-14/h7-9,13H,5-6,10H2,1-4H3,(H2,17,19,23). The monoisotopic (exact) mass is 332 g/mol. The highest BCUT2D eigenvalue weighted by atomic mass is 16.7. The van der Waals surface area contributed by atoms with Gasteiger partial charge in [-0.3, -0.25) is 9.83 Å². The van der Waals surface area contributed by atoms with E-state index in [9.17, 15) is 4.79 Å². The molecule has 1 unspecified atom stereocenters. The number of hydroxylamine groups is 2. The van der Waals surface area contributed by atoms with Gasteiger partial charge < -0.3 is 20.4 Å². The zero-order chi connectivity index (χ0) is 17.3. The third-order valence-corrected chi connectivity index (χ3v) is 4.25. The van der Waals surface area contributed by atoms with Crippen molar-refractivity contribution < 1.29 is 9.63 Å². The number of nitrogens with zero attached hydrogens (tertiary/aromatic N) is 4. The molecule has 2 amide bonds. The molecule has 0 aliphatic carbocycles. The molecule has 3 rings (SSSR count). The SMILES string of the molecule is CCCN1C=C(C)C(NC(=O)NC)C2=C1N1CN(OC)C=C1C=N2. The Morgan fingerprint density at radius 2 is 2.25 bits per heavy atom. The molecule has 0 aromatic heterocycles. The Morgan fingerprint density at radius 1 is 1.46 bits per heavy atom. The van der Waals surface area contributed by atoms with E-state index in [1.807, 2.05) is 19.3 Å². The van der Waals surface area contributed by atoms with Crippen LogP contribution in [-0.2, 0) is 4.84 Å². The second kappa shape index (κ2) is 6.56. The minimum absolute atomic E-state index is 0.222. The molecule has 130 valence electrons. The fourth-order valence-electron chi connectivity index (χ4n) is 3.11. The third-order valence-electron chi connectivity index (χ3n) is 4.25. The molecule has 0 saturated carbocycles. The summed E-state index contributed by atoms with van der Waals surface area (Å²) in [6.45, 7) is 5.64. The predicted octanol–water partition coefficient (Wildman–Crippen LogP) is 1.14. The van der Waals surface area contributed by atoms with Crippen LogP contribution in [0.25, 0.3) is 0 Å². The van der Waals surface area contributed by atoms with Crippen molar-refractivity contribution in [2.45, 2.75) is 26.3 Å². The third kappa shape index (κ3) is 2.73. The van der Waals surface area contributed by atoms with Crippen LogP contribution in [0.2, 0.25) is 0 Å². The zero-order valence-corrected chi connectivity index (χ0v) is 14.5. The normalized spacial score (nSPS) is 22.2. The molecule has 0 bridgehead atoms. The van der Waals surface area contributed by atoms with Crippen LogP contribution in [0.1, 0.15) is 20.3 Å². The summed E-state index contributed by atoms with van der Waals surface area (Å²) in [4.78, 5) is 26.2. The van der Waals surface area contributed by atoms with E-state index in [2.05, 4.69) is 38.5 Å². The van der Waals surface area contributed by atoms with E-state index in [-0.39, 0.29) is 12.1 Å². The zero-order valence-electron chi connectivity index (χ0n) is 14.5. The van der Waals surface area contributed by atoms with Crippen molar-refractivity contribution in [1.82, 2.24) is 25.5 Å². The molecule has 1 atom stereocenters. The number of aliphatic imine (C=N–C) groups is 1. The van der Waals surface area contributed by atoms with Gasteiger partial charge in [0, 0.05) is 19.8 Å². The van der Waals surface area contributed by atoms with Gasteiger partial charge in [0.1, 0.15) is 18.2 Å². The lowest BCUT2D eigenvalue weighted by molar-refractivity contribution is -0.0968. The van der Waals surface area contributed by atoms with Gasteiger partial charge in [0.25, 0.3) is 0 Å². The Bertz CT molecular complexity index is 651. The van der Waals surface area contributed by atoms with Crippen LogP contribution in [0, 0.1) is 0 Å². The van der Waals surface area contributed by atoms with Crippen molar-refractivity contribution >= 4 is 12.2 Å². The number of fused-ring (bicyclic) bond motifs is 2. The fourth-order valence-corrected chi connectivity index (χ4v) is 3.11. The summed E-state index contributed by atoms with van der Waals surface area (Å²) in [7, 11) is 3.25. The Balaban J connectivity index is 1.99. The van der Waals surface area contributed by atoms with Crippen LogP contribution in [0.3, 0.4) is 0 Å². The number of hydrogen-bond acceptors (Lipinski definition) is 6. The summed E-state index contributed by atoms with van der Waals surface area (Å²) in [6.07, 6.45) is 6.85. The molecule has 0 saturated heterocycles. The molecular formula is C16H24N6O2. The number of nitrogens with one attached hydrogen (secondary N) is 2. The van der Waals surface area contributed by atoms with Gasteiger partial charge in [-0.15, -0.1) is 0 Å². The van der Waals surface area contributed by atoms with Gasteiger partial charge in [-0.1, -0.05) is 6.92 Å². The Kier molecular flexibility index (Phi) is 4.48. The van der Waals surface area contributed by atoms with Crippen molar-refractivity contribution in [2.24, 2.45) is 4.99 Å². The predicted molar refractivity (Wildman–Crippen MR) is 91.3 cm³/mol. The smallest absolute Gasteiger partial charge is 0.315 e. The van der Waals surface area contributed by atoms with Crippen molar-refractivity contribution in [1.29, 1.82) is 0 Å². The topological polar surface area (TPSA) is 72.4 Å². The lowest BCUT2D eigenvalue weighted by Gasteiger charge is -2.40. The molecule has 3 aliphatic heterocycles. The summed E-state index contributed by atoms with van der Waals surface area (Å²) in [5, 5.41) is 7.34. The maximum atomic E-state index is 11.8. The molecule has 0 radical (unpaired) electrons. The highest BCUT2D eigenvalue weighted by molar-refractivity contribution is 5.82. The second-order valence-corrected chi connectivity index (χ2v) is 5.91. The molecule has 0 aromatic rings. The average molecular weight is 332 g/mol. The number of carbonyl (C=O) groups is 1. The average Bonchev–Trinajstić information content (AvgIpc) is 3.01. The molecular weight excluding hydrogens is 308 g/mol. The number of carbonyl (C=O) groups excluding carboxylic acids is 1. The van der Waals surface area contributed by atoms with Gasteiger partial charge >= 0.3 is 6.03 Å². The van der Waals surface area contributed by atoms with Gasteiger partial charge in [0.15, 0.2) is 0 Å². The van der Waals surface area contributed by atoms with Gasteiger partial charge in [-0.25, -0.2) is 9.86 Å². The minimum atomic E-state index is -0.248. The van der Waals surface area contributed by atoms with Gasteiger partial charge in [0.2, 0.25) is 0 Å². The lowest BCUT2D eigenvalue weighted by Crippen LogP contribution is -2.48. The molecule has 0 fully saturated rings. The van der Waals surface area contributed by atoms with Gasteiger partial charge in [0.05, 0.1) is 31.3 Å². The van der Waals surface area contributed by atoms with E-state index in [1.165, 1.54) is 0 Å². The van der Waals surface area contributed by atoms with Crippen molar-refractivity contribution in [3.63, 3.8) is 0 Å². The van der Waals surface area contributed by atoms with Crippen LogP contribution in [0.4, 0.5) is 4.79 Å². The van der Waals surface area contributed by atoms with E-state index in [0.29, 0.717) is 6.67 Å². The molecule has 3 aliphatic rings. The molecule has 0 aromatic carbocycles. The first-order valence-electron chi connectivity index (χ1n) is 8.10. The van der Waals surface area contributed by atoms with Crippen LogP contribution in [-0.4, -0.2) is 60.5 Å².